The first-order valence-corrected chi connectivity index (χ1v) is 6.23. The average Bonchev–Trinajstić information content (AvgIpc) is 2.79. The number of thiazole rings is 1. The maximum Gasteiger partial charge on any atom is 0.171 e. The van der Waals surface area contributed by atoms with Gasteiger partial charge in [0.2, 0.25) is 0 Å². The van der Waals surface area contributed by atoms with Crippen LogP contribution in [0.15, 0.2) is 30.5 Å². The number of Topliss-reactive ketones (excluding diaryl/α,β-unsaturated/α-hetero) is 1. The van der Waals surface area contributed by atoms with Crippen LogP contribution in [-0.4, -0.2) is 17.4 Å². The third kappa shape index (κ3) is 2.53. The second-order valence-corrected chi connectivity index (χ2v) is 4.55. The van der Waals surface area contributed by atoms with Crippen molar-refractivity contribution in [2.24, 2.45) is 0 Å². The molecule has 0 amide bonds. The summed E-state index contributed by atoms with van der Waals surface area (Å²) in [5.74, 6) is 0.849. The van der Waals surface area contributed by atoms with Crippen LogP contribution in [0.5, 0.6) is 5.75 Å². The molecule has 0 unspecified atom stereocenters. The van der Waals surface area contributed by atoms with Crippen LogP contribution >= 0.6 is 11.3 Å². The highest BCUT2D eigenvalue weighted by Gasteiger charge is 2.11. The zero-order chi connectivity index (χ0) is 12.3. The van der Waals surface area contributed by atoms with Gasteiger partial charge in [-0.05, 0) is 19.1 Å². The molecule has 0 aliphatic heterocycles. The number of benzene rings is 1. The first kappa shape index (κ1) is 11.8. The second-order valence-electron chi connectivity index (χ2n) is 3.52. The number of carbonyl (C=O) groups is 1. The molecule has 0 N–H and O–H groups in total. The summed E-state index contributed by atoms with van der Waals surface area (Å²) in [6.45, 7) is 4.10. The van der Waals surface area contributed by atoms with Crippen molar-refractivity contribution in [2.75, 3.05) is 6.61 Å². The van der Waals surface area contributed by atoms with Gasteiger partial charge in [0.15, 0.2) is 5.78 Å². The van der Waals surface area contributed by atoms with Gasteiger partial charge in [0.1, 0.15) is 10.8 Å². The van der Waals surface area contributed by atoms with Crippen molar-refractivity contribution in [3.8, 4) is 16.3 Å². The topological polar surface area (TPSA) is 39.2 Å². The highest BCUT2D eigenvalue weighted by molar-refractivity contribution is 7.16. The van der Waals surface area contributed by atoms with Gasteiger partial charge in [-0.2, -0.15) is 0 Å². The Morgan fingerprint density at radius 1 is 1.41 bits per heavy atom. The predicted molar refractivity (Wildman–Crippen MR) is 68.7 cm³/mol. The maximum atomic E-state index is 11.2. The molecule has 0 radical (unpaired) electrons. The van der Waals surface area contributed by atoms with E-state index in [4.69, 9.17) is 4.74 Å². The fourth-order valence-electron chi connectivity index (χ4n) is 1.49. The van der Waals surface area contributed by atoms with E-state index in [1.165, 1.54) is 11.3 Å². The van der Waals surface area contributed by atoms with E-state index >= 15 is 0 Å². The van der Waals surface area contributed by atoms with Crippen LogP contribution in [-0.2, 0) is 0 Å². The molecule has 0 atom stereocenters. The summed E-state index contributed by atoms with van der Waals surface area (Å²) in [6, 6.07) is 7.72. The Hall–Kier alpha value is -1.68. The van der Waals surface area contributed by atoms with Gasteiger partial charge in [0, 0.05) is 13.1 Å². The lowest BCUT2D eigenvalue weighted by Crippen LogP contribution is -1.93. The molecule has 0 saturated carbocycles. The number of nitrogens with zero attached hydrogens (tertiary/aromatic N) is 1. The summed E-state index contributed by atoms with van der Waals surface area (Å²) < 4.78 is 5.54. The average molecular weight is 247 g/mol. The van der Waals surface area contributed by atoms with E-state index in [9.17, 15) is 4.79 Å². The molecule has 3 nitrogen and oxygen atoms in total. The van der Waals surface area contributed by atoms with Crippen LogP contribution < -0.4 is 4.74 Å². The highest BCUT2D eigenvalue weighted by atomic mass is 32.1. The van der Waals surface area contributed by atoms with Crippen LogP contribution in [0.25, 0.3) is 10.6 Å². The number of rotatable bonds is 4. The molecular formula is C13H13NO2S. The van der Waals surface area contributed by atoms with Gasteiger partial charge in [-0.3, -0.25) is 4.79 Å². The van der Waals surface area contributed by atoms with Crippen LogP contribution in [0.3, 0.4) is 0 Å². The molecule has 17 heavy (non-hydrogen) atoms. The number of ketones is 1. The summed E-state index contributed by atoms with van der Waals surface area (Å²) in [7, 11) is 0. The molecule has 0 aliphatic rings. The number of ether oxygens (including phenoxy) is 1. The number of aromatic nitrogens is 1. The van der Waals surface area contributed by atoms with Gasteiger partial charge in [0.05, 0.1) is 17.0 Å². The molecule has 0 spiro atoms. The summed E-state index contributed by atoms with van der Waals surface area (Å²) in [5.41, 5.74) is 0.937. The van der Waals surface area contributed by atoms with Crippen molar-refractivity contribution < 1.29 is 9.53 Å². The molecule has 0 fully saturated rings. The summed E-state index contributed by atoms with van der Waals surface area (Å²) in [4.78, 5) is 16.2. The van der Waals surface area contributed by atoms with Crippen LogP contribution in [0, 0.1) is 0 Å². The van der Waals surface area contributed by atoms with Gasteiger partial charge in [-0.25, -0.2) is 4.98 Å². The Balaban J connectivity index is 2.41. The van der Waals surface area contributed by atoms with E-state index in [0.717, 1.165) is 16.3 Å². The van der Waals surface area contributed by atoms with E-state index in [-0.39, 0.29) is 5.78 Å². The van der Waals surface area contributed by atoms with Crippen molar-refractivity contribution in [1.82, 2.24) is 4.98 Å². The molecule has 2 aromatic rings. The van der Waals surface area contributed by atoms with E-state index < -0.39 is 0 Å². The van der Waals surface area contributed by atoms with E-state index in [2.05, 4.69) is 4.98 Å². The first-order valence-electron chi connectivity index (χ1n) is 5.41. The first-order chi connectivity index (χ1) is 8.22. The van der Waals surface area contributed by atoms with Crippen molar-refractivity contribution in [3.05, 3.63) is 35.3 Å². The molecule has 0 saturated heterocycles. The molecule has 0 aliphatic carbocycles. The Bertz CT molecular complexity index is 534. The number of hydrogen-bond acceptors (Lipinski definition) is 4. The quantitative estimate of drug-likeness (QED) is 0.777. The van der Waals surface area contributed by atoms with Gasteiger partial charge in [-0.1, -0.05) is 12.1 Å². The lowest BCUT2D eigenvalue weighted by molar-refractivity contribution is 0.102. The Morgan fingerprint density at radius 3 is 2.82 bits per heavy atom. The lowest BCUT2D eigenvalue weighted by Gasteiger charge is -2.06. The lowest BCUT2D eigenvalue weighted by atomic mass is 10.2. The fraction of sp³-hybridized carbons (Fsp3) is 0.231. The van der Waals surface area contributed by atoms with Crippen LogP contribution in [0.4, 0.5) is 0 Å². The fourth-order valence-corrected chi connectivity index (χ4v) is 2.33. The predicted octanol–water partition coefficient (Wildman–Crippen LogP) is 3.41. The largest absolute Gasteiger partial charge is 0.493 e. The molecule has 1 aromatic heterocycles. The van der Waals surface area contributed by atoms with E-state index in [1.807, 2.05) is 31.2 Å². The molecular weight excluding hydrogens is 234 g/mol. The van der Waals surface area contributed by atoms with Crippen molar-refractivity contribution in [3.63, 3.8) is 0 Å². The number of carbonyl (C=O) groups excluding carboxylic acids is 1. The monoisotopic (exact) mass is 247 g/mol. The maximum absolute atomic E-state index is 11.2. The number of hydrogen-bond donors (Lipinski definition) is 0. The van der Waals surface area contributed by atoms with Gasteiger partial charge in [0.25, 0.3) is 0 Å². The summed E-state index contributed by atoms with van der Waals surface area (Å²) >= 11 is 1.39. The third-order valence-electron chi connectivity index (χ3n) is 2.27. The van der Waals surface area contributed by atoms with Crippen LogP contribution in [0.1, 0.15) is 23.5 Å². The summed E-state index contributed by atoms with van der Waals surface area (Å²) in [5, 5.41) is 0.819. The van der Waals surface area contributed by atoms with Crippen molar-refractivity contribution >= 4 is 17.1 Å². The smallest absolute Gasteiger partial charge is 0.171 e. The molecule has 2 rings (SSSR count). The minimum absolute atomic E-state index is 0.0441. The molecule has 4 heteroatoms. The third-order valence-corrected chi connectivity index (χ3v) is 3.40. The Labute approximate surface area is 104 Å². The van der Waals surface area contributed by atoms with Gasteiger partial charge in [-0.15, -0.1) is 11.3 Å². The van der Waals surface area contributed by atoms with Gasteiger partial charge < -0.3 is 4.74 Å². The van der Waals surface area contributed by atoms with E-state index in [0.29, 0.717) is 11.5 Å². The molecule has 88 valence electrons. The zero-order valence-corrected chi connectivity index (χ0v) is 10.6. The second kappa shape index (κ2) is 5.10. The van der Waals surface area contributed by atoms with E-state index in [1.54, 1.807) is 13.1 Å². The number of para-hydroxylation sites is 1. The molecule has 1 heterocycles. The van der Waals surface area contributed by atoms with Crippen molar-refractivity contribution in [2.45, 2.75) is 13.8 Å². The van der Waals surface area contributed by atoms with Gasteiger partial charge >= 0.3 is 0 Å². The summed E-state index contributed by atoms with van der Waals surface area (Å²) in [6.07, 6.45) is 1.62. The Kier molecular flexibility index (Phi) is 3.54. The minimum Gasteiger partial charge on any atom is -0.493 e. The minimum atomic E-state index is 0.0441. The normalized spacial score (nSPS) is 10.2. The van der Waals surface area contributed by atoms with Crippen LogP contribution in [0.2, 0.25) is 0 Å². The van der Waals surface area contributed by atoms with Crippen molar-refractivity contribution in [1.29, 1.82) is 0 Å². The molecule has 1 aromatic carbocycles. The zero-order valence-electron chi connectivity index (χ0n) is 9.77. The standard InChI is InChI=1S/C13H13NO2S/c1-3-16-11-7-5-4-6-10(11)13-14-8-12(17-13)9(2)15/h4-8H,3H2,1-2H3. The molecule has 0 bridgehead atoms. The Morgan fingerprint density at radius 2 is 2.18 bits per heavy atom. The SMILES string of the molecule is CCOc1ccccc1-c1ncc(C(C)=O)s1. The highest BCUT2D eigenvalue weighted by Crippen LogP contribution is 2.32.